The number of aromatic nitrogens is 1. The summed E-state index contributed by atoms with van der Waals surface area (Å²) in [4.78, 5) is 16.6. The molecule has 0 fully saturated rings. The van der Waals surface area contributed by atoms with Gasteiger partial charge in [0.05, 0.1) is 40.3 Å². The van der Waals surface area contributed by atoms with Gasteiger partial charge in [-0.05, 0) is 30.3 Å². The predicted molar refractivity (Wildman–Crippen MR) is 105 cm³/mol. The van der Waals surface area contributed by atoms with Crippen molar-refractivity contribution in [3.05, 3.63) is 76.5 Å². The summed E-state index contributed by atoms with van der Waals surface area (Å²) in [6.07, 6.45) is 3.10. The summed E-state index contributed by atoms with van der Waals surface area (Å²) >= 11 is 12.1. The Morgan fingerprint density at radius 2 is 1.85 bits per heavy atom. The van der Waals surface area contributed by atoms with Crippen LogP contribution in [0.1, 0.15) is 10.4 Å². The fourth-order valence-corrected chi connectivity index (χ4v) is 2.64. The number of anilines is 3. The van der Waals surface area contributed by atoms with Crippen molar-refractivity contribution in [1.29, 1.82) is 0 Å². The van der Waals surface area contributed by atoms with Crippen LogP contribution >= 0.6 is 23.2 Å². The number of nitrogens with zero attached hydrogens (tertiary/aromatic N) is 1. The number of carbonyl (C=O) groups excluding carboxylic acids is 1. The first-order chi connectivity index (χ1) is 12.6. The lowest BCUT2D eigenvalue weighted by Crippen LogP contribution is -2.13. The number of ether oxygens (including phenoxy) is 1. The molecule has 0 bridgehead atoms. The Balaban J connectivity index is 1.78. The first-order valence-corrected chi connectivity index (χ1v) is 8.44. The molecular weight excluding hydrogens is 373 g/mol. The van der Waals surface area contributed by atoms with Crippen LogP contribution in [0.3, 0.4) is 0 Å². The first kappa shape index (κ1) is 18.0. The molecule has 3 rings (SSSR count). The van der Waals surface area contributed by atoms with E-state index in [2.05, 4.69) is 15.6 Å². The molecule has 0 unspecified atom stereocenters. The number of halogens is 2. The lowest BCUT2D eigenvalue weighted by atomic mass is 10.2. The number of rotatable bonds is 5. The number of carbonyl (C=O) groups is 1. The summed E-state index contributed by atoms with van der Waals surface area (Å²) < 4.78 is 5.20. The summed E-state index contributed by atoms with van der Waals surface area (Å²) in [6, 6.07) is 14.2. The number of nitrogens with one attached hydrogen (secondary N) is 2. The van der Waals surface area contributed by atoms with Crippen LogP contribution in [0.2, 0.25) is 10.0 Å². The van der Waals surface area contributed by atoms with E-state index in [0.29, 0.717) is 27.0 Å². The zero-order chi connectivity index (χ0) is 18.5. The molecule has 0 saturated carbocycles. The molecule has 0 aliphatic heterocycles. The van der Waals surface area contributed by atoms with E-state index in [-0.39, 0.29) is 5.91 Å². The fraction of sp³-hybridized carbons (Fsp3) is 0.0526. The van der Waals surface area contributed by atoms with Crippen molar-refractivity contribution >= 4 is 46.2 Å². The number of hydrogen-bond acceptors (Lipinski definition) is 4. The summed E-state index contributed by atoms with van der Waals surface area (Å²) in [6.45, 7) is 0. The van der Waals surface area contributed by atoms with Crippen LogP contribution in [0.25, 0.3) is 0 Å². The molecule has 1 amide bonds. The third-order valence-corrected chi connectivity index (χ3v) is 4.38. The van der Waals surface area contributed by atoms with Crippen LogP contribution in [0, 0.1) is 0 Å². The van der Waals surface area contributed by atoms with E-state index in [1.54, 1.807) is 37.6 Å². The lowest BCUT2D eigenvalue weighted by Gasteiger charge is -2.10. The second kappa shape index (κ2) is 8.08. The second-order valence-electron chi connectivity index (χ2n) is 5.37. The number of benzene rings is 2. The van der Waals surface area contributed by atoms with Crippen molar-refractivity contribution in [3.8, 4) is 5.75 Å². The zero-order valence-corrected chi connectivity index (χ0v) is 15.3. The minimum absolute atomic E-state index is 0.293. The standard InChI is InChI=1S/C19H15Cl2N3O2/c1-26-15-5-2-4-13(9-15)23-14-8-12(10-22-11-14)19(25)24-17-7-3-6-16(20)18(17)21/h2-11,23H,1H3,(H,24,25). The van der Waals surface area contributed by atoms with Gasteiger partial charge in [-0.25, -0.2) is 0 Å². The minimum Gasteiger partial charge on any atom is -0.497 e. The SMILES string of the molecule is COc1cccc(Nc2cncc(C(=O)Nc3cccc(Cl)c3Cl)c2)c1. The molecule has 3 aromatic rings. The summed E-state index contributed by atoms with van der Waals surface area (Å²) in [5.41, 5.74) is 2.31. The Kier molecular flexibility index (Phi) is 5.61. The molecule has 0 spiro atoms. The monoisotopic (exact) mass is 387 g/mol. The van der Waals surface area contributed by atoms with Crippen LogP contribution < -0.4 is 15.4 Å². The number of methoxy groups -OCH3 is 1. The summed E-state index contributed by atoms with van der Waals surface area (Å²) in [7, 11) is 1.60. The van der Waals surface area contributed by atoms with E-state index in [1.165, 1.54) is 6.20 Å². The van der Waals surface area contributed by atoms with Crippen LogP contribution in [-0.4, -0.2) is 18.0 Å². The molecule has 0 atom stereocenters. The van der Waals surface area contributed by atoms with E-state index in [9.17, 15) is 4.79 Å². The molecule has 1 heterocycles. The largest absolute Gasteiger partial charge is 0.497 e. The quantitative estimate of drug-likeness (QED) is 0.615. The molecule has 5 nitrogen and oxygen atoms in total. The third-order valence-electron chi connectivity index (χ3n) is 3.56. The highest BCUT2D eigenvalue weighted by Crippen LogP contribution is 2.30. The molecule has 132 valence electrons. The predicted octanol–water partition coefficient (Wildman–Crippen LogP) is 5.39. The highest BCUT2D eigenvalue weighted by molar-refractivity contribution is 6.44. The van der Waals surface area contributed by atoms with Crippen molar-refractivity contribution in [3.63, 3.8) is 0 Å². The molecule has 0 radical (unpaired) electrons. The average Bonchev–Trinajstić information content (AvgIpc) is 2.66. The molecule has 1 aromatic heterocycles. The molecule has 7 heteroatoms. The zero-order valence-electron chi connectivity index (χ0n) is 13.8. The van der Waals surface area contributed by atoms with E-state index < -0.39 is 0 Å². The maximum absolute atomic E-state index is 12.5. The molecular formula is C19H15Cl2N3O2. The highest BCUT2D eigenvalue weighted by Gasteiger charge is 2.11. The van der Waals surface area contributed by atoms with Crippen molar-refractivity contribution in [2.45, 2.75) is 0 Å². The molecule has 26 heavy (non-hydrogen) atoms. The van der Waals surface area contributed by atoms with Gasteiger partial charge in [0, 0.05) is 18.0 Å². The van der Waals surface area contributed by atoms with Gasteiger partial charge in [-0.1, -0.05) is 35.3 Å². The Morgan fingerprint density at radius 1 is 1.04 bits per heavy atom. The molecule has 0 aliphatic carbocycles. The van der Waals surface area contributed by atoms with Crippen LogP contribution in [-0.2, 0) is 0 Å². The van der Waals surface area contributed by atoms with Crippen molar-refractivity contribution in [1.82, 2.24) is 4.98 Å². The molecule has 0 saturated heterocycles. The normalized spacial score (nSPS) is 10.3. The average molecular weight is 388 g/mol. The van der Waals surface area contributed by atoms with Crippen molar-refractivity contribution < 1.29 is 9.53 Å². The highest BCUT2D eigenvalue weighted by atomic mass is 35.5. The van der Waals surface area contributed by atoms with Crippen LogP contribution in [0.5, 0.6) is 5.75 Å². The topological polar surface area (TPSA) is 63.2 Å². The summed E-state index contributed by atoms with van der Waals surface area (Å²) in [5, 5.41) is 6.59. The second-order valence-corrected chi connectivity index (χ2v) is 6.16. The van der Waals surface area contributed by atoms with Gasteiger partial charge in [0.1, 0.15) is 5.75 Å². The maximum atomic E-state index is 12.5. The molecule has 2 N–H and O–H groups in total. The van der Waals surface area contributed by atoms with Gasteiger partial charge in [0.25, 0.3) is 5.91 Å². The first-order valence-electron chi connectivity index (χ1n) is 7.68. The van der Waals surface area contributed by atoms with Gasteiger partial charge in [0.2, 0.25) is 0 Å². The molecule has 0 aliphatic rings. The van der Waals surface area contributed by atoms with Crippen molar-refractivity contribution in [2.24, 2.45) is 0 Å². The smallest absolute Gasteiger partial charge is 0.257 e. The van der Waals surface area contributed by atoms with Gasteiger partial charge in [-0.15, -0.1) is 0 Å². The number of amides is 1. The fourth-order valence-electron chi connectivity index (χ4n) is 2.29. The minimum atomic E-state index is -0.337. The van der Waals surface area contributed by atoms with Gasteiger partial charge in [-0.2, -0.15) is 0 Å². The van der Waals surface area contributed by atoms with Crippen LogP contribution in [0.15, 0.2) is 60.9 Å². The van der Waals surface area contributed by atoms with Crippen LogP contribution in [0.4, 0.5) is 17.1 Å². The van der Waals surface area contributed by atoms with Gasteiger partial charge >= 0.3 is 0 Å². The van der Waals surface area contributed by atoms with Gasteiger partial charge in [0.15, 0.2) is 0 Å². The van der Waals surface area contributed by atoms with Gasteiger partial charge in [-0.3, -0.25) is 9.78 Å². The Hall–Kier alpha value is -2.76. The summed E-state index contributed by atoms with van der Waals surface area (Å²) in [5.74, 6) is 0.392. The molecule has 2 aromatic carbocycles. The van der Waals surface area contributed by atoms with Gasteiger partial charge < -0.3 is 15.4 Å². The Labute approximate surface area is 160 Å². The lowest BCUT2D eigenvalue weighted by molar-refractivity contribution is 0.102. The Morgan fingerprint density at radius 3 is 2.65 bits per heavy atom. The van der Waals surface area contributed by atoms with Crippen molar-refractivity contribution in [2.75, 3.05) is 17.7 Å². The van der Waals surface area contributed by atoms with E-state index in [1.807, 2.05) is 24.3 Å². The van der Waals surface area contributed by atoms with E-state index >= 15 is 0 Å². The third kappa shape index (κ3) is 4.25. The Bertz CT molecular complexity index is 948. The van der Waals surface area contributed by atoms with E-state index in [4.69, 9.17) is 27.9 Å². The number of hydrogen-bond donors (Lipinski definition) is 2. The number of pyridine rings is 1. The maximum Gasteiger partial charge on any atom is 0.257 e. The van der Waals surface area contributed by atoms with E-state index in [0.717, 1.165) is 11.4 Å².